The second-order valence-corrected chi connectivity index (χ2v) is 9.99. The summed E-state index contributed by atoms with van der Waals surface area (Å²) in [6, 6.07) is 5.49. The van der Waals surface area contributed by atoms with Crippen molar-refractivity contribution in [3.63, 3.8) is 0 Å². The zero-order valence-corrected chi connectivity index (χ0v) is 26.9. The number of aliphatic hydroxyl groups excluding tert-OH is 2. The number of aliphatic hydroxyl groups is 2. The van der Waals surface area contributed by atoms with Crippen LogP contribution in [0.15, 0.2) is 30.3 Å². The molecular weight excluding hydrogens is 586 g/mol. The van der Waals surface area contributed by atoms with Gasteiger partial charge >= 0.3 is 5.97 Å². The summed E-state index contributed by atoms with van der Waals surface area (Å²) in [4.78, 5) is 19.6. The fraction of sp³-hybridized carbons (Fsp3) is 0.409. The van der Waals surface area contributed by atoms with Crippen molar-refractivity contribution in [1.82, 2.24) is 9.97 Å². The van der Waals surface area contributed by atoms with Crippen LogP contribution in [-0.4, -0.2) is 134 Å². The molecule has 2 aromatic rings. The number of halogens is 1. The van der Waals surface area contributed by atoms with Crippen LogP contribution in [0, 0.1) is 5.82 Å². The fourth-order valence-corrected chi connectivity index (χ4v) is 3.42. The predicted molar refractivity (Wildman–Crippen MR) is 128 cm³/mol. The molecule has 0 saturated heterocycles. The first-order chi connectivity index (χ1) is 15.3. The van der Waals surface area contributed by atoms with Crippen LogP contribution in [0.3, 0.4) is 0 Å². The van der Waals surface area contributed by atoms with E-state index in [2.05, 4.69) is 9.97 Å². The predicted octanol–water partition coefficient (Wildman–Crippen LogP) is 2.02. The van der Waals surface area contributed by atoms with E-state index in [4.69, 9.17) is 5.11 Å². The molecule has 0 spiro atoms. The van der Waals surface area contributed by atoms with Crippen molar-refractivity contribution in [3.8, 4) is 11.3 Å². The Bertz CT molecular complexity index is 1130. The van der Waals surface area contributed by atoms with Gasteiger partial charge in [0, 0.05) is 93.5 Å². The number of benzene rings is 1. The molecule has 34 heavy (non-hydrogen) atoms. The standard InChI is InChI=1S/C22H28FN3O6S.Cs/c1-13(2)20-18(10-9-16(27)11-17(28)12-19(29)30)21(14-5-7-15(23)8-6-14)25-22(24-20)26(3)33(4,31)32;/h5-10,13,16-17,27-28H,11-12H2,1-4H3,(H,29,30);/b10-9+;/t16-,17-;/m1./s1. The Kier molecular flexibility index (Phi) is 12.4. The van der Waals surface area contributed by atoms with Crippen molar-refractivity contribution in [2.75, 3.05) is 17.6 Å². The molecule has 12 heteroatoms. The minimum Gasteiger partial charge on any atom is -0.481 e. The van der Waals surface area contributed by atoms with Gasteiger partial charge in [0.25, 0.3) is 0 Å². The Hall–Kier alpha value is -0.838. The van der Waals surface area contributed by atoms with Crippen LogP contribution in [0.5, 0.6) is 0 Å². The van der Waals surface area contributed by atoms with Crippen LogP contribution in [0.4, 0.5) is 10.3 Å². The third kappa shape index (κ3) is 8.99. The molecular formula is C22H28CsFN3O6S. The normalized spacial score (nSPS) is 13.5. The van der Waals surface area contributed by atoms with E-state index in [1.54, 1.807) is 0 Å². The molecule has 3 N–H and O–H groups in total. The van der Waals surface area contributed by atoms with E-state index in [1.165, 1.54) is 43.5 Å². The number of hydrogen-bond donors (Lipinski definition) is 3. The van der Waals surface area contributed by atoms with Gasteiger partial charge in [0.15, 0.2) is 0 Å². The van der Waals surface area contributed by atoms with Gasteiger partial charge in [0.1, 0.15) is 5.82 Å². The summed E-state index contributed by atoms with van der Waals surface area (Å²) in [5.74, 6) is -1.87. The van der Waals surface area contributed by atoms with Crippen molar-refractivity contribution in [2.24, 2.45) is 0 Å². The number of hydrogen-bond acceptors (Lipinski definition) is 7. The van der Waals surface area contributed by atoms with E-state index < -0.39 is 40.4 Å². The second-order valence-electron chi connectivity index (χ2n) is 7.98. The van der Waals surface area contributed by atoms with E-state index in [9.17, 15) is 27.8 Å². The maximum absolute atomic E-state index is 13.5. The number of anilines is 1. The van der Waals surface area contributed by atoms with Gasteiger partial charge in [0.05, 0.1) is 36.3 Å². The third-order valence-electron chi connectivity index (χ3n) is 4.82. The van der Waals surface area contributed by atoms with Gasteiger partial charge in [-0.15, -0.1) is 0 Å². The Labute approximate surface area is 257 Å². The Morgan fingerprint density at radius 3 is 2.26 bits per heavy atom. The van der Waals surface area contributed by atoms with Crippen molar-refractivity contribution >= 4 is 96.9 Å². The van der Waals surface area contributed by atoms with Crippen LogP contribution in [0.1, 0.15) is 43.9 Å². The number of nitrogens with zero attached hydrogens (tertiary/aromatic N) is 3. The van der Waals surface area contributed by atoms with Crippen LogP contribution >= 0.6 is 0 Å². The number of rotatable bonds is 10. The average molecular weight is 614 g/mol. The second kappa shape index (κ2) is 13.5. The van der Waals surface area contributed by atoms with Gasteiger partial charge in [-0.1, -0.05) is 26.0 Å². The molecule has 181 valence electrons. The molecule has 9 nitrogen and oxygen atoms in total. The maximum atomic E-state index is 13.5. The molecule has 0 amide bonds. The number of aromatic nitrogens is 2. The molecule has 1 aromatic heterocycles. The molecule has 1 aromatic carbocycles. The van der Waals surface area contributed by atoms with Crippen LogP contribution < -0.4 is 4.31 Å². The fourth-order valence-electron chi connectivity index (χ4n) is 3.05. The van der Waals surface area contributed by atoms with Gasteiger partial charge < -0.3 is 15.3 Å². The first-order valence-corrected chi connectivity index (χ1v) is 12.0. The summed E-state index contributed by atoms with van der Waals surface area (Å²) in [5, 5.41) is 28.8. The number of carboxylic acids is 1. The monoisotopic (exact) mass is 614 g/mol. The molecule has 0 unspecified atom stereocenters. The molecule has 0 saturated carbocycles. The molecule has 1 radical (unpaired) electrons. The number of carbonyl (C=O) groups is 1. The Morgan fingerprint density at radius 1 is 1.18 bits per heavy atom. The molecule has 0 aliphatic rings. The largest absolute Gasteiger partial charge is 0.481 e. The number of carboxylic acid groups (broad SMARTS) is 1. The summed E-state index contributed by atoms with van der Waals surface area (Å²) in [5.41, 5.74) is 1.80. The van der Waals surface area contributed by atoms with Crippen molar-refractivity contribution < 1.29 is 32.9 Å². The summed E-state index contributed by atoms with van der Waals surface area (Å²) in [6.07, 6.45) is 0.860. The van der Waals surface area contributed by atoms with Gasteiger partial charge in [-0.25, -0.2) is 27.1 Å². The topological polar surface area (TPSA) is 141 Å². The zero-order chi connectivity index (χ0) is 24.9. The molecule has 2 rings (SSSR count). The van der Waals surface area contributed by atoms with Gasteiger partial charge in [-0.3, -0.25) is 4.79 Å². The van der Waals surface area contributed by atoms with Crippen molar-refractivity contribution in [1.29, 1.82) is 0 Å². The van der Waals surface area contributed by atoms with Crippen molar-refractivity contribution in [2.45, 2.75) is 44.8 Å². The maximum Gasteiger partial charge on any atom is 0.305 e. The van der Waals surface area contributed by atoms with E-state index in [0.717, 1.165) is 10.6 Å². The zero-order valence-electron chi connectivity index (χ0n) is 19.8. The molecule has 2 atom stereocenters. The van der Waals surface area contributed by atoms with Gasteiger partial charge in [0.2, 0.25) is 16.0 Å². The van der Waals surface area contributed by atoms with E-state index in [-0.39, 0.29) is 87.2 Å². The summed E-state index contributed by atoms with van der Waals surface area (Å²) in [7, 11) is -2.33. The molecule has 1 heterocycles. The van der Waals surface area contributed by atoms with Gasteiger partial charge in [-0.05, 0) is 30.2 Å². The SMILES string of the molecule is CC(C)c1nc(N(C)S(C)(=O)=O)nc(-c2ccc(F)cc2)c1/C=C/[C@@H](O)C[C@@H](O)CC(=O)O.[Cs]. The summed E-state index contributed by atoms with van der Waals surface area (Å²) in [6.45, 7) is 3.71. The van der Waals surface area contributed by atoms with Crippen LogP contribution in [0.25, 0.3) is 17.3 Å². The summed E-state index contributed by atoms with van der Waals surface area (Å²) >= 11 is 0. The van der Waals surface area contributed by atoms with E-state index in [1.807, 2.05) is 13.8 Å². The summed E-state index contributed by atoms with van der Waals surface area (Å²) < 4.78 is 38.6. The Balaban J connectivity index is 0.00000578. The molecule has 0 bridgehead atoms. The third-order valence-corrected chi connectivity index (χ3v) is 5.97. The van der Waals surface area contributed by atoms with Gasteiger partial charge in [-0.2, -0.15) is 0 Å². The molecule has 0 fully saturated rings. The minimum atomic E-state index is -3.65. The quantitative estimate of drug-likeness (QED) is 0.370. The first kappa shape index (κ1) is 31.2. The van der Waals surface area contributed by atoms with E-state index in [0.29, 0.717) is 22.5 Å². The molecule has 0 aliphatic heterocycles. The number of aliphatic carboxylic acids is 1. The minimum absolute atomic E-state index is 0. The van der Waals surface area contributed by atoms with E-state index >= 15 is 0 Å². The van der Waals surface area contributed by atoms with Crippen LogP contribution in [0.2, 0.25) is 0 Å². The number of sulfonamides is 1. The average Bonchev–Trinajstić information content (AvgIpc) is 2.70. The Morgan fingerprint density at radius 2 is 1.76 bits per heavy atom. The van der Waals surface area contributed by atoms with Crippen molar-refractivity contribution in [3.05, 3.63) is 47.4 Å². The molecule has 0 aliphatic carbocycles. The smallest absolute Gasteiger partial charge is 0.305 e. The van der Waals surface area contributed by atoms with Crippen LogP contribution in [-0.2, 0) is 14.8 Å². The first-order valence-electron chi connectivity index (χ1n) is 10.2.